The van der Waals surface area contributed by atoms with Crippen molar-refractivity contribution in [1.29, 1.82) is 0 Å². The maximum Gasteiger partial charge on any atom is 0.419 e. The largest absolute Gasteiger partial charge is 0.465 e. The standard InChI is InChI=1S/C9H5F5INO2/c1-18-8(17)4-3(6(10)11)2-16-7(15)5(4)9(12,13)14/h2,6H,1H3. The molecule has 1 heterocycles. The molecule has 0 N–H and O–H groups in total. The molecule has 0 aliphatic rings. The number of esters is 1. The van der Waals surface area contributed by atoms with Gasteiger partial charge in [-0.15, -0.1) is 0 Å². The highest BCUT2D eigenvalue weighted by Crippen LogP contribution is 2.38. The third-order valence-corrected chi connectivity index (χ3v) is 2.79. The van der Waals surface area contributed by atoms with Crippen LogP contribution in [-0.2, 0) is 10.9 Å². The number of rotatable bonds is 2. The maximum atomic E-state index is 12.8. The molecule has 0 saturated heterocycles. The highest BCUT2D eigenvalue weighted by atomic mass is 127. The number of hydrogen-bond acceptors (Lipinski definition) is 3. The van der Waals surface area contributed by atoms with Crippen LogP contribution in [0.3, 0.4) is 0 Å². The molecule has 0 saturated carbocycles. The minimum absolute atomic E-state index is 0.536. The molecule has 0 atom stereocenters. The van der Waals surface area contributed by atoms with Gasteiger partial charge in [-0.1, -0.05) is 0 Å². The number of alkyl halides is 5. The molecule has 0 aromatic carbocycles. The van der Waals surface area contributed by atoms with E-state index in [9.17, 15) is 26.7 Å². The van der Waals surface area contributed by atoms with Crippen molar-refractivity contribution in [3.8, 4) is 0 Å². The lowest BCUT2D eigenvalue weighted by Gasteiger charge is -2.15. The zero-order valence-corrected chi connectivity index (χ0v) is 10.8. The van der Waals surface area contributed by atoms with Gasteiger partial charge in [-0.25, -0.2) is 18.6 Å². The predicted octanol–water partition coefficient (Wildman–Crippen LogP) is 3.43. The third-order valence-electron chi connectivity index (χ3n) is 1.97. The Bertz CT molecular complexity index is 475. The average Bonchev–Trinajstić information content (AvgIpc) is 2.25. The van der Waals surface area contributed by atoms with E-state index in [0.29, 0.717) is 6.20 Å². The number of aromatic nitrogens is 1. The van der Waals surface area contributed by atoms with Gasteiger partial charge in [0.1, 0.15) is 9.26 Å². The number of ether oxygens (including phenoxy) is 1. The van der Waals surface area contributed by atoms with Crippen LogP contribution < -0.4 is 0 Å². The van der Waals surface area contributed by atoms with E-state index in [-0.39, 0.29) is 0 Å². The molecular formula is C9H5F5INO2. The molecule has 0 radical (unpaired) electrons. The van der Waals surface area contributed by atoms with Crippen molar-refractivity contribution in [2.45, 2.75) is 12.6 Å². The first-order valence-electron chi connectivity index (χ1n) is 4.32. The van der Waals surface area contributed by atoms with Gasteiger partial charge in [0.25, 0.3) is 6.43 Å². The van der Waals surface area contributed by atoms with Gasteiger partial charge in [-0.05, 0) is 22.6 Å². The molecule has 3 nitrogen and oxygen atoms in total. The van der Waals surface area contributed by atoms with E-state index in [1.54, 1.807) is 0 Å². The molecule has 0 aliphatic carbocycles. The van der Waals surface area contributed by atoms with Crippen LogP contribution in [0.15, 0.2) is 6.20 Å². The van der Waals surface area contributed by atoms with Gasteiger partial charge in [-0.2, -0.15) is 13.2 Å². The van der Waals surface area contributed by atoms with Crippen LogP contribution in [0, 0.1) is 3.70 Å². The number of halogens is 6. The molecular weight excluding hydrogens is 376 g/mol. The summed E-state index contributed by atoms with van der Waals surface area (Å²) >= 11 is 1.22. The van der Waals surface area contributed by atoms with Crippen molar-refractivity contribution in [2.24, 2.45) is 0 Å². The summed E-state index contributed by atoms with van der Waals surface area (Å²) in [6, 6.07) is 0. The van der Waals surface area contributed by atoms with Gasteiger partial charge in [-0.3, -0.25) is 0 Å². The van der Waals surface area contributed by atoms with Crippen LogP contribution in [0.25, 0.3) is 0 Å². The Labute approximate surface area is 111 Å². The third kappa shape index (κ3) is 2.87. The average molecular weight is 381 g/mol. The fourth-order valence-corrected chi connectivity index (χ4v) is 1.96. The van der Waals surface area contributed by atoms with Crippen LogP contribution in [-0.4, -0.2) is 18.1 Å². The Hall–Kier alpha value is -1.00. The van der Waals surface area contributed by atoms with Crippen molar-refractivity contribution in [3.63, 3.8) is 0 Å². The van der Waals surface area contributed by atoms with Crippen molar-refractivity contribution in [3.05, 3.63) is 26.6 Å². The molecule has 9 heteroatoms. The lowest BCUT2D eigenvalue weighted by atomic mass is 10.0. The van der Waals surface area contributed by atoms with Crippen LogP contribution in [0.2, 0.25) is 0 Å². The van der Waals surface area contributed by atoms with Gasteiger partial charge in [0.05, 0.1) is 18.2 Å². The van der Waals surface area contributed by atoms with E-state index < -0.39 is 39.0 Å². The number of carbonyl (C=O) groups is 1. The molecule has 0 spiro atoms. The summed E-state index contributed by atoms with van der Waals surface area (Å²) in [6.45, 7) is 0. The Morgan fingerprint density at radius 3 is 2.39 bits per heavy atom. The van der Waals surface area contributed by atoms with E-state index in [0.717, 1.165) is 7.11 Å². The molecule has 0 fully saturated rings. The highest BCUT2D eigenvalue weighted by molar-refractivity contribution is 14.1. The van der Waals surface area contributed by atoms with Crippen LogP contribution in [0.4, 0.5) is 22.0 Å². The SMILES string of the molecule is COC(=O)c1c(C(F)F)cnc(I)c1C(F)(F)F. The van der Waals surface area contributed by atoms with E-state index >= 15 is 0 Å². The first-order chi connectivity index (χ1) is 8.20. The van der Waals surface area contributed by atoms with Crippen LogP contribution >= 0.6 is 22.6 Å². The first-order valence-corrected chi connectivity index (χ1v) is 5.40. The fourth-order valence-electron chi connectivity index (χ4n) is 1.25. The summed E-state index contributed by atoms with van der Waals surface area (Å²) < 4.78 is 67.0. The molecule has 18 heavy (non-hydrogen) atoms. The highest BCUT2D eigenvalue weighted by Gasteiger charge is 2.41. The predicted molar refractivity (Wildman–Crippen MR) is 58.3 cm³/mol. The summed E-state index contributed by atoms with van der Waals surface area (Å²) in [5.74, 6) is -1.47. The van der Waals surface area contributed by atoms with Gasteiger partial charge in [0.15, 0.2) is 0 Å². The lowest BCUT2D eigenvalue weighted by Crippen LogP contribution is -2.20. The first kappa shape index (κ1) is 15.1. The molecule has 0 amide bonds. The second kappa shape index (κ2) is 5.33. The normalized spacial score (nSPS) is 11.8. The smallest absolute Gasteiger partial charge is 0.419 e. The Morgan fingerprint density at radius 2 is 2.00 bits per heavy atom. The van der Waals surface area contributed by atoms with E-state index in [2.05, 4.69) is 9.72 Å². The summed E-state index contributed by atoms with van der Waals surface area (Å²) in [6.07, 6.45) is -7.70. The van der Waals surface area contributed by atoms with Crippen molar-refractivity contribution < 1.29 is 31.5 Å². The monoisotopic (exact) mass is 381 g/mol. The minimum atomic E-state index is -4.97. The van der Waals surface area contributed by atoms with Crippen LogP contribution in [0.1, 0.15) is 27.9 Å². The molecule has 0 aliphatic heterocycles. The molecule has 0 bridgehead atoms. The Kier molecular flexibility index (Phi) is 4.46. The maximum absolute atomic E-state index is 12.8. The van der Waals surface area contributed by atoms with Crippen molar-refractivity contribution in [2.75, 3.05) is 7.11 Å². The number of methoxy groups -OCH3 is 1. The quantitative estimate of drug-likeness (QED) is 0.341. The zero-order valence-electron chi connectivity index (χ0n) is 8.69. The Balaban J connectivity index is 3.67. The fraction of sp³-hybridized carbons (Fsp3) is 0.333. The lowest BCUT2D eigenvalue weighted by molar-refractivity contribution is -0.139. The second-order valence-electron chi connectivity index (χ2n) is 3.04. The number of carbonyl (C=O) groups excluding carboxylic acids is 1. The van der Waals surface area contributed by atoms with E-state index in [1.165, 1.54) is 22.6 Å². The van der Waals surface area contributed by atoms with E-state index in [1.807, 2.05) is 0 Å². The molecule has 0 unspecified atom stereocenters. The van der Waals surface area contributed by atoms with Gasteiger partial charge >= 0.3 is 12.1 Å². The summed E-state index contributed by atoms with van der Waals surface area (Å²) in [5, 5.41) is 0. The number of pyridine rings is 1. The van der Waals surface area contributed by atoms with E-state index in [4.69, 9.17) is 0 Å². The summed E-state index contributed by atoms with van der Waals surface area (Å²) in [4.78, 5) is 14.5. The van der Waals surface area contributed by atoms with Crippen molar-refractivity contribution in [1.82, 2.24) is 4.98 Å². The summed E-state index contributed by atoms with van der Waals surface area (Å²) in [7, 11) is 0.811. The van der Waals surface area contributed by atoms with Crippen LogP contribution in [0.5, 0.6) is 0 Å². The molecule has 1 rings (SSSR count). The topological polar surface area (TPSA) is 39.2 Å². The Morgan fingerprint density at radius 1 is 1.44 bits per heavy atom. The molecule has 1 aromatic heterocycles. The van der Waals surface area contributed by atoms with Crippen molar-refractivity contribution >= 4 is 28.6 Å². The molecule has 1 aromatic rings. The minimum Gasteiger partial charge on any atom is -0.465 e. The zero-order chi connectivity index (χ0) is 14.1. The summed E-state index contributed by atoms with van der Waals surface area (Å²) in [5.41, 5.74) is -3.80. The van der Waals surface area contributed by atoms with Gasteiger partial charge in [0, 0.05) is 6.20 Å². The van der Waals surface area contributed by atoms with Gasteiger partial charge < -0.3 is 4.74 Å². The molecule has 100 valence electrons. The van der Waals surface area contributed by atoms with Gasteiger partial charge in [0.2, 0.25) is 0 Å². The number of hydrogen-bond donors (Lipinski definition) is 0. The second-order valence-corrected chi connectivity index (χ2v) is 4.07. The number of nitrogens with zero attached hydrogens (tertiary/aromatic N) is 1.